The molecule has 2 aromatic rings. The first-order chi connectivity index (χ1) is 15.1. The average Bonchev–Trinajstić information content (AvgIpc) is 3.25. The lowest BCUT2D eigenvalue weighted by Crippen LogP contribution is -2.36. The fraction of sp³-hybridized carbons (Fsp3) is 0.348. The van der Waals surface area contributed by atoms with Crippen LogP contribution < -0.4 is 15.1 Å². The molecule has 2 amide bonds. The van der Waals surface area contributed by atoms with Crippen LogP contribution in [-0.4, -0.2) is 57.7 Å². The Bertz CT molecular complexity index is 983. The van der Waals surface area contributed by atoms with E-state index in [-0.39, 0.29) is 11.8 Å². The first kappa shape index (κ1) is 20.9. The lowest BCUT2D eigenvalue weighted by atomic mass is 10.1. The molecule has 2 heterocycles. The van der Waals surface area contributed by atoms with E-state index in [2.05, 4.69) is 10.2 Å². The van der Waals surface area contributed by atoms with E-state index in [0.29, 0.717) is 43.0 Å². The van der Waals surface area contributed by atoms with Crippen molar-refractivity contribution in [2.24, 2.45) is 0 Å². The summed E-state index contributed by atoms with van der Waals surface area (Å²) in [6.45, 7) is 3.43. The molecule has 0 aromatic heterocycles. The summed E-state index contributed by atoms with van der Waals surface area (Å²) >= 11 is 0. The van der Waals surface area contributed by atoms with E-state index < -0.39 is 5.97 Å². The molecule has 31 heavy (non-hydrogen) atoms. The van der Waals surface area contributed by atoms with Gasteiger partial charge in [-0.25, -0.2) is 4.79 Å². The van der Waals surface area contributed by atoms with E-state index in [0.717, 1.165) is 30.9 Å². The zero-order valence-electron chi connectivity index (χ0n) is 17.4. The van der Waals surface area contributed by atoms with Gasteiger partial charge in [0.2, 0.25) is 5.91 Å². The van der Waals surface area contributed by atoms with Gasteiger partial charge < -0.3 is 24.6 Å². The van der Waals surface area contributed by atoms with Crippen LogP contribution in [0.15, 0.2) is 42.5 Å². The van der Waals surface area contributed by atoms with Crippen molar-refractivity contribution in [3.8, 4) is 0 Å². The van der Waals surface area contributed by atoms with Crippen LogP contribution in [0.2, 0.25) is 0 Å². The maximum Gasteiger partial charge on any atom is 0.340 e. The number of rotatable bonds is 5. The van der Waals surface area contributed by atoms with Crippen molar-refractivity contribution in [2.45, 2.75) is 12.8 Å². The van der Waals surface area contributed by atoms with Gasteiger partial charge in [0.05, 0.1) is 31.6 Å². The zero-order chi connectivity index (χ0) is 21.8. The number of hydrogen-bond acceptors (Lipinski definition) is 6. The molecular weight excluding hydrogens is 398 g/mol. The Morgan fingerprint density at radius 3 is 2.35 bits per heavy atom. The van der Waals surface area contributed by atoms with Crippen LogP contribution in [0.3, 0.4) is 0 Å². The van der Waals surface area contributed by atoms with Crippen molar-refractivity contribution in [3.63, 3.8) is 0 Å². The van der Waals surface area contributed by atoms with Gasteiger partial charge in [0.15, 0.2) is 0 Å². The van der Waals surface area contributed by atoms with Crippen LogP contribution in [0.5, 0.6) is 0 Å². The van der Waals surface area contributed by atoms with E-state index in [1.54, 1.807) is 41.3 Å². The predicted molar refractivity (Wildman–Crippen MR) is 117 cm³/mol. The molecule has 0 atom stereocenters. The Balaban J connectivity index is 1.52. The summed E-state index contributed by atoms with van der Waals surface area (Å²) in [7, 11) is 1.31. The van der Waals surface area contributed by atoms with Crippen LogP contribution in [0.25, 0.3) is 0 Å². The second kappa shape index (κ2) is 9.18. The van der Waals surface area contributed by atoms with Crippen molar-refractivity contribution < 1.29 is 23.9 Å². The fourth-order valence-electron chi connectivity index (χ4n) is 3.85. The molecule has 2 aromatic carbocycles. The number of nitrogens with one attached hydrogen (secondary N) is 1. The van der Waals surface area contributed by atoms with Crippen molar-refractivity contribution in [1.82, 2.24) is 0 Å². The van der Waals surface area contributed by atoms with Gasteiger partial charge >= 0.3 is 5.97 Å². The predicted octanol–water partition coefficient (Wildman–Crippen LogP) is 2.69. The van der Waals surface area contributed by atoms with Gasteiger partial charge in [-0.15, -0.1) is 0 Å². The number of esters is 1. The molecule has 0 aliphatic carbocycles. The third-order valence-electron chi connectivity index (χ3n) is 5.55. The van der Waals surface area contributed by atoms with Gasteiger partial charge in [-0.2, -0.15) is 0 Å². The van der Waals surface area contributed by atoms with Crippen molar-refractivity contribution in [3.05, 3.63) is 53.6 Å². The highest BCUT2D eigenvalue weighted by Crippen LogP contribution is 2.26. The molecule has 1 N–H and O–H groups in total. The summed E-state index contributed by atoms with van der Waals surface area (Å²) in [5, 5.41) is 2.81. The Hall–Kier alpha value is -3.39. The molecular formula is C23H25N3O5. The van der Waals surface area contributed by atoms with Crippen LogP contribution in [0, 0.1) is 0 Å². The van der Waals surface area contributed by atoms with E-state index in [4.69, 9.17) is 9.47 Å². The Morgan fingerprint density at radius 1 is 1.00 bits per heavy atom. The van der Waals surface area contributed by atoms with E-state index in [9.17, 15) is 14.4 Å². The highest BCUT2D eigenvalue weighted by molar-refractivity contribution is 6.08. The summed E-state index contributed by atoms with van der Waals surface area (Å²) < 4.78 is 10.3. The number of morpholine rings is 1. The summed E-state index contributed by atoms with van der Waals surface area (Å²) in [5.41, 5.74) is 2.76. The number of anilines is 3. The number of nitrogens with zero attached hydrogens (tertiary/aromatic N) is 2. The van der Waals surface area contributed by atoms with Crippen molar-refractivity contribution in [2.75, 3.05) is 55.1 Å². The highest BCUT2D eigenvalue weighted by atomic mass is 16.5. The Kier molecular flexibility index (Phi) is 6.18. The third-order valence-corrected chi connectivity index (χ3v) is 5.55. The highest BCUT2D eigenvalue weighted by Gasteiger charge is 2.22. The van der Waals surface area contributed by atoms with Crippen LogP contribution >= 0.6 is 0 Å². The quantitative estimate of drug-likeness (QED) is 0.744. The molecule has 2 aliphatic heterocycles. The first-order valence-electron chi connectivity index (χ1n) is 10.3. The second-order valence-corrected chi connectivity index (χ2v) is 7.47. The topological polar surface area (TPSA) is 88.2 Å². The summed E-state index contributed by atoms with van der Waals surface area (Å²) in [6.07, 6.45) is 1.40. The number of carbonyl (C=O) groups excluding carboxylic acids is 3. The Morgan fingerprint density at radius 2 is 1.71 bits per heavy atom. The minimum Gasteiger partial charge on any atom is -0.465 e. The minimum absolute atomic E-state index is 0.0975. The number of methoxy groups -OCH3 is 1. The lowest BCUT2D eigenvalue weighted by molar-refractivity contribution is -0.117. The van der Waals surface area contributed by atoms with Crippen LogP contribution in [0.1, 0.15) is 33.6 Å². The van der Waals surface area contributed by atoms with Crippen molar-refractivity contribution in [1.29, 1.82) is 0 Å². The Labute approximate surface area is 180 Å². The molecule has 8 heteroatoms. The molecule has 162 valence electrons. The number of benzene rings is 2. The minimum atomic E-state index is -0.520. The van der Waals surface area contributed by atoms with Gasteiger partial charge in [-0.1, -0.05) is 0 Å². The van der Waals surface area contributed by atoms with E-state index in [1.165, 1.54) is 7.11 Å². The molecule has 0 bridgehead atoms. The number of amides is 2. The molecule has 0 unspecified atom stereocenters. The standard InChI is InChI=1S/C23H25N3O5/c1-30-23(29)19-15-18(25-11-13-31-14-12-25)8-9-20(19)24-22(28)16-4-6-17(7-5-16)26-10-2-3-21(26)27/h4-9,15H,2-3,10-14H2,1H3,(H,24,28). The monoisotopic (exact) mass is 423 g/mol. The fourth-order valence-corrected chi connectivity index (χ4v) is 3.85. The number of carbonyl (C=O) groups is 3. The molecule has 4 rings (SSSR count). The molecule has 2 fully saturated rings. The smallest absolute Gasteiger partial charge is 0.340 e. The van der Waals surface area contributed by atoms with Crippen LogP contribution in [-0.2, 0) is 14.3 Å². The van der Waals surface area contributed by atoms with Gasteiger partial charge in [0.25, 0.3) is 5.91 Å². The maximum absolute atomic E-state index is 12.8. The SMILES string of the molecule is COC(=O)c1cc(N2CCOCC2)ccc1NC(=O)c1ccc(N2CCCC2=O)cc1. The number of ether oxygens (including phenoxy) is 2. The maximum atomic E-state index is 12.8. The first-order valence-corrected chi connectivity index (χ1v) is 10.3. The lowest BCUT2D eigenvalue weighted by Gasteiger charge is -2.29. The normalized spacial score (nSPS) is 16.4. The largest absolute Gasteiger partial charge is 0.465 e. The molecule has 2 saturated heterocycles. The third kappa shape index (κ3) is 4.54. The van der Waals surface area contributed by atoms with Gasteiger partial charge in [0.1, 0.15) is 0 Å². The van der Waals surface area contributed by atoms with Gasteiger partial charge in [-0.05, 0) is 48.9 Å². The molecule has 0 radical (unpaired) electrons. The summed E-state index contributed by atoms with van der Waals surface area (Å²) in [4.78, 5) is 40.9. The van der Waals surface area contributed by atoms with Gasteiger partial charge in [-0.3, -0.25) is 9.59 Å². The molecule has 0 saturated carbocycles. The summed E-state index contributed by atoms with van der Waals surface area (Å²) in [5.74, 6) is -0.767. The van der Waals surface area contributed by atoms with E-state index >= 15 is 0 Å². The van der Waals surface area contributed by atoms with E-state index in [1.807, 2.05) is 6.07 Å². The van der Waals surface area contributed by atoms with Gasteiger partial charge in [0, 0.05) is 43.0 Å². The molecule has 2 aliphatic rings. The van der Waals surface area contributed by atoms with Crippen molar-refractivity contribution >= 4 is 34.8 Å². The zero-order valence-corrected chi connectivity index (χ0v) is 17.4. The number of hydrogen-bond donors (Lipinski definition) is 1. The molecule has 8 nitrogen and oxygen atoms in total. The van der Waals surface area contributed by atoms with Crippen LogP contribution in [0.4, 0.5) is 17.1 Å². The summed E-state index contributed by atoms with van der Waals surface area (Å²) in [6, 6.07) is 12.2. The second-order valence-electron chi connectivity index (χ2n) is 7.47. The molecule has 0 spiro atoms. The average molecular weight is 423 g/mol.